The number of nitrogens with zero attached hydrogens (tertiary/aromatic N) is 1. The molecule has 1 unspecified atom stereocenters. The summed E-state index contributed by atoms with van der Waals surface area (Å²) in [5.41, 5.74) is 0.423. The maximum atomic E-state index is 11.9. The minimum atomic E-state index is -0.631. The summed E-state index contributed by atoms with van der Waals surface area (Å²) < 4.78 is 10.6. The third kappa shape index (κ3) is 5.43. The molecular formula is C17H18N2O4. The van der Waals surface area contributed by atoms with Gasteiger partial charge in [0.05, 0.1) is 12.1 Å². The van der Waals surface area contributed by atoms with Crippen molar-refractivity contribution in [2.24, 2.45) is 0 Å². The molecule has 23 heavy (non-hydrogen) atoms. The number of nitrogens with one attached hydrogen (secondary N) is 1. The first-order valence-electron chi connectivity index (χ1n) is 7.23. The van der Waals surface area contributed by atoms with Crippen LogP contribution in [0.4, 0.5) is 0 Å². The fourth-order valence-corrected chi connectivity index (χ4v) is 1.79. The molecule has 1 aromatic carbocycles. The lowest BCUT2D eigenvalue weighted by Gasteiger charge is -2.14. The quantitative estimate of drug-likeness (QED) is 0.623. The molecule has 0 spiro atoms. The van der Waals surface area contributed by atoms with Crippen LogP contribution in [0.3, 0.4) is 0 Å². The van der Waals surface area contributed by atoms with Crippen molar-refractivity contribution in [2.45, 2.75) is 13.0 Å². The molecule has 2 aromatic rings. The van der Waals surface area contributed by atoms with Crippen molar-refractivity contribution in [2.75, 3.05) is 13.2 Å². The Morgan fingerprint density at radius 3 is 2.52 bits per heavy atom. The van der Waals surface area contributed by atoms with Crippen LogP contribution < -0.4 is 10.1 Å². The Bertz CT molecular complexity index is 632. The zero-order valence-corrected chi connectivity index (χ0v) is 12.8. The van der Waals surface area contributed by atoms with Crippen LogP contribution in [-0.4, -0.2) is 36.1 Å². The van der Waals surface area contributed by atoms with Crippen LogP contribution in [0.15, 0.2) is 54.9 Å². The van der Waals surface area contributed by atoms with E-state index < -0.39 is 12.1 Å². The summed E-state index contributed by atoms with van der Waals surface area (Å²) in [7, 11) is 0. The van der Waals surface area contributed by atoms with Crippen LogP contribution in [0.5, 0.6) is 5.75 Å². The minimum absolute atomic E-state index is 0.0882. The normalized spacial score (nSPS) is 11.3. The maximum absolute atomic E-state index is 11.9. The molecule has 0 aliphatic rings. The predicted molar refractivity (Wildman–Crippen MR) is 84.1 cm³/mol. The first-order chi connectivity index (χ1) is 11.2. The summed E-state index contributed by atoms with van der Waals surface area (Å²) in [4.78, 5) is 27.4. The molecule has 0 bridgehead atoms. The van der Waals surface area contributed by atoms with Crippen LogP contribution in [0, 0.1) is 0 Å². The Kier molecular flexibility index (Phi) is 6.11. The monoisotopic (exact) mass is 314 g/mol. The Balaban J connectivity index is 1.67. The van der Waals surface area contributed by atoms with Gasteiger partial charge in [0.25, 0.3) is 5.91 Å². The molecule has 6 nitrogen and oxygen atoms in total. The molecule has 0 fully saturated rings. The number of benzene rings is 1. The van der Waals surface area contributed by atoms with E-state index in [4.69, 9.17) is 9.47 Å². The molecule has 2 rings (SSSR count). The van der Waals surface area contributed by atoms with Crippen LogP contribution >= 0.6 is 0 Å². The first-order valence-corrected chi connectivity index (χ1v) is 7.23. The van der Waals surface area contributed by atoms with E-state index in [0.717, 1.165) is 0 Å². The van der Waals surface area contributed by atoms with Crippen LogP contribution in [0.1, 0.15) is 17.3 Å². The lowest BCUT2D eigenvalue weighted by Crippen LogP contribution is -2.38. The molecule has 0 aliphatic carbocycles. The Hall–Kier alpha value is -2.89. The third-order valence-corrected chi connectivity index (χ3v) is 2.98. The van der Waals surface area contributed by atoms with E-state index in [2.05, 4.69) is 10.3 Å². The van der Waals surface area contributed by atoms with Crippen molar-refractivity contribution >= 4 is 11.9 Å². The van der Waals surface area contributed by atoms with Gasteiger partial charge in [0.2, 0.25) is 0 Å². The molecule has 1 aromatic heterocycles. The maximum Gasteiger partial charge on any atom is 0.338 e. The van der Waals surface area contributed by atoms with Gasteiger partial charge in [-0.05, 0) is 31.2 Å². The number of para-hydroxylation sites is 1. The van der Waals surface area contributed by atoms with Gasteiger partial charge < -0.3 is 14.8 Å². The predicted octanol–water partition coefficient (Wildman–Crippen LogP) is 1.82. The van der Waals surface area contributed by atoms with E-state index in [1.165, 1.54) is 12.4 Å². The first kappa shape index (κ1) is 16.5. The molecule has 1 N–H and O–H groups in total. The number of rotatable bonds is 7. The van der Waals surface area contributed by atoms with Gasteiger partial charge in [-0.1, -0.05) is 18.2 Å². The van der Waals surface area contributed by atoms with Gasteiger partial charge in [-0.25, -0.2) is 4.79 Å². The highest BCUT2D eigenvalue weighted by Crippen LogP contribution is 2.10. The van der Waals surface area contributed by atoms with Crippen LogP contribution in [0.25, 0.3) is 0 Å². The number of hydrogen-bond acceptors (Lipinski definition) is 5. The average molecular weight is 314 g/mol. The number of pyridine rings is 1. The number of hydrogen-bond donors (Lipinski definition) is 1. The van der Waals surface area contributed by atoms with Gasteiger partial charge in [-0.2, -0.15) is 0 Å². The molecule has 120 valence electrons. The number of carbonyl (C=O) groups excluding carboxylic acids is 2. The summed E-state index contributed by atoms with van der Waals surface area (Å²) in [5, 5.41) is 2.66. The number of ether oxygens (including phenoxy) is 2. The largest absolute Gasteiger partial charge is 0.481 e. The van der Waals surface area contributed by atoms with E-state index >= 15 is 0 Å². The minimum Gasteiger partial charge on any atom is -0.481 e. The van der Waals surface area contributed by atoms with Crippen molar-refractivity contribution < 1.29 is 19.1 Å². The second-order valence-corrected chi connectivity index (χ2v) is 4.74. The third-order valence-electron chi connectivity index (χ3n) is 2.98. The molecule has 0 radical (unpaired) electrons. The summed E-state index contributed by atoms with van der Waals surface area (Å²) in [6, 6.07) is 12.2. The molecule has 1 heterocycles. The summed E-state index contributed by atoms with van der Waals surface area (Å²) in [6.07, 6.45) is 2.40. The standard InChI is InChI=1S/C17H18N2O4/c1-13(23-15-5-3-2-4-6-15)16(20)19-11-12-22-17(21)14-7-9-18-10-8-14/h2-10,13H,11-12H2,1H3,(H,19,20). The number of amides is 1. The molecule has 0 aliphatic heterocycles. The van der Waals surface area contributed by atoms with E-state index in [1.807, 2.05) is 18.2 Å². The summed E-state index contributed by atoms with van der Waals surface area (Å²) >= 11 is 0. The highest BCUT2D eigenvalue weighted by molar-refractivity contribution is 5.89. The molecule has 1 atom stereocenters. The van der Waals surface area contributed by atoms with Gasteiger partial charge >= 0.3 is 5.97 Å². The van der Waals surface area contributed by atoms with Crippen molar-refractivity contribution in [3.05, 3.63) is 60.4 Å². The fourth-order valence-electron chi connectivity index (χ4n) is 1.79. The Morgan fingerprint density at radius 2 is 1.83 bits per heavy atom. The van der Waals surface area contributed by atoms with Crippen LogP contribution in [0.2, 0.25) is 0 Å². The second kappa shape index (κ2) is 8.53. The zero-order chi connectivity index (χ0) is 16.5. The average Bonchev–Trinajstić information content (AvgIpc) is 2.60. The van der Waals surface area contributed by atoms with E-state index in [9.17, 15) is 9.59 Å². The number of aromatic nitrogens is 1. The van der Waals surface area contributed by atoms with Crippen LogP contribution in [-0.2, 0) is 9.53 Å². The fraction of sp³-hybridized carbons (Fsp3) is 0.235. The molecule has 6 heteroatoms. The Morgan fingerprint density at radius 1 is 1.13 bits per heavy atom. The summed E-state index contributed by atoms with van der Waals surface area (Å²) in [5.74, 6) is -0.0942. The molecular weight excluding hydrogens is 296 g/mol. The van der Waals surface area contributed by atoms with E-state index in [0.29, 0.717) is 11.3 Å². The van der Waals surface area contributed by atoms with Gasteiger partial charge in [0, 0.05) is 12.4 Å². The second-order valence-electron chi connectivity index (χ2n) is 4.74. The lowest BCUT2D eigenvalue weighted by atomic mass is 10.3. The topological polar surface area (TPSA) is 77.5 Å². The number of carbonyl (C=O) groups is 2. The lowest BCUT2D eigenvalue weighted by molar-refractivity contribution is -0.127. The SMILES string of the molecule is CC(Oc1ccccc1)C(=O)NCCOC(=O)c1ccncc1. The summed E-state index contributed by atoms with van der Waals surface area (Å²) in [6.45, 7) is 1.97. The van der Waals surface area contributed by atoms with Gasteiger partial charge in [-0.3, -0.25) is 9.78 Å². The van der Waals surface area contributed by atoms with Gasteiger partial charge in [0.15, 0.2) is 6.10 Å². The zero-order valence-electron chi connectivity index (χ0n) is 12.8. The van der Waals surface area contributed by atoms with Crippen molar-refractivity contribution in [3.63, 3.8) is 0 Å². The van der Waals surface area contributed by atoms with Crippen molar-refractivity contribution in [1.82, 2.24) is 10.3 Å². The number of esters is 1. The van der Waals surface area contributed by atoms with Gasteiger partial charge in [0.1, 0.15) is 12.4 Å². The van der Waals surface area contributed by atoms with E-state index in [-0.39, 0.29) is 19.1 Å². The van der Waals surface area contributed by atoms with Crippen molar-refractivity contribution in [1.29, 1.82) is 0 Å². The molecule has 0 saturated heterocycles. The van der Waals surface area contributed by atoms with Crippen molar-refractivity contribution in [3.8, 4) is 5.75 Å². The van der Waals surface area contributed by atoms with E-state index in [1.54, 1.807) is 31.2 Å². The van der Waals surface area contributed by atoms with Gasteiger partial charge in [-0.15, -0.1) is 0 Å². The molecule has 0 saturated carbocycles. The smallest absolute Gasteiger partial charge is 0.338 e. The highest BCUT2D eigenvalue weighted by atomic mass is 16.5. The Labute approximate surface area is 134 Å². The molecule has 1 amide bonds. The highest BCUT2D eigenvalue weighted by Gasteiger charge is 2.14.